The van der Waals surface area contributed by atoms with E-state index in [1.54, 1.807) is 32.1 Å². The number of carbonyl (C=O) groups is 1. The van der Waals surface area contributed by atoms with E-state index in [2.05, 4.69) is 6.07 Å². The Hall–Kier alpha value is -2.30. The quantitative estimate of drug-likeness (QED) is 0.730. The summed E-state index contributed by atoms with van der Waals surface area (Å²) >= 11 is 0. The first-order valence-corrected chi connectivity index (χ1v) is 8.20. The molecule has 7 nitrogen and oxygen atoms in total. The molecule has 1 aromatic carbocycles. The van der Waals surface area contributed by atoms with Gasteiger partial charge in [0.2, 0.25) is 5.91 Å². The Morgan fingerprint density at radius 3 is 2.64 bits per heavy atom. The zero-order valence-electron chi connectivity index (χ0n) is 14.7. The van der Waals surface area contributed by atoms with E-state index in [-0.39, 0.29) is 18.4 Å². The van der Waals surface area contributed by atoms with Crippen molar-refractivity contribution >= 4 is 5.91 Å². The highest BCUT2D eigenvalue weighted by Crippen LogP contribution is 2.43. The van der Waals surface area contributed by atoms with E-state index in [1.165, 1.54) is 0 Å². The molecular formula is C18H22N2O5. The summed E-state index contributed by atoms with van der Waals surface area (Å²) in [6.07, 6.45) is 0.233. The van der Waals surface area contributed by atoms with Crippen LogP contribution in [0.3, 0.4) is 0 Å². The highest BCUT2D eigenvalue weighted by Gasteiger charge is 2.59. The van der Waals surface area contributed by atoms with Crippen molar-refractivity contribution in [1.82, 2.24) is 4.90 Å². The maximum Gasteiger partial charge on any atom is 0.233 e. The molecule has 2 unspecified atom stereocenters. The van der Waals surface area contributed by atoms with Crippen LogP contribution in [0.15, 0.2) is 18.2 Å². The lowest BCUT2D eigenvalue weighted by Gasteiger charge is -2.51. The fourth-order valence-corrected chi connectivity index (χ4v) is 3.57. The van der Waals surface area contributed by atoms with Crippen LogP contribution in [0.4, 0.5) is 0 Å². The van der Waals surface area contributed by atoms with E-state index in [0.29, 0.717) is 31.3 Å². The number of nitrogens with zero attached hydrogens (tertiary/aromatic N) is 2. The van der Waals surface area contributed by atoms with Crippen molar-refractivity contribution in [3.63, 3.8) is 0 Å². The Bertz CT molecular complexity index is 693. The van der Waals surface area contributed by atoms with E-state index in [4.69, 9.17) is 18.9 Å². The van der Waals surface area contributed by atoms with Gasteiger partial charge in [-0.25, -0.2) is 0 Å². The second-order valence-electron chi connectivity index (χ2n) is 6.26. The molecule has 2 saturated heterocycles. The first-order chi connectivity index (χ1) is 12.0. The van der Waals surface area contributed by atoms with Crippen LogP contribution in [0.1, 0.15) is 18.9 Å². The number of hydrogen-bond acceptors (Lipinski definition) is 6. The first-order valence-electron chi connectivity index (χ1n) is 8.20. The van der Waals surface area contributed by atoms with Gasteiger partial charge < -0.3 is 23.8 Å². The third kappa shape index (κ3) is 3.03. The van der Waals surface area contributed by atoms with Gasteiger partial charge in [-0.2, -0.15) is 5.26 Å². The number of rotatable bonds is 6. The molecule has 2 aliphatic heterocycles. The third-order valence-corrected chi connectivity index (χ3v) is 4.90. The number of likely N-dealkylation sites (tertiary alicyclic amines) is 1. The molecule has 2 heterocycles. The lowest BCUT2D eigenvalue weighted by Crippen LogP contribution is -2.67. The third-order valence-electron chi connectivity index (χ3n) is 4.90. The Balaban J connectivity index is 1.81. The average molecular weight is 346 g/mol. The molecule has 3 rings (SSSR count). The highest BCUT2D eigenvalue weighted by atomic mass is 16.7. The lowest BCUT2D eigenvalue weighted by molar-refractivity contribution is -0.228. The fourth-order valence-electron chi connectivity index (χ4n) is 3.57. The number of methoxy groups -OCH3 is 2. The molecule has 2 aliphatic rings. The minimum Gasteiger partial charge on any atom is -0.497 e. The van der Waals surface area contributed by atoms with Gasteiger partial charge in [-0.05, 0) is 19.1 Å². The van der Waals surface area contributed by atoms with Crippen LogP contribution in [0.5, 0.6) is 11.5 Å². The van der Waals surface area contributed by atoms with Crippen molar-refractivity contribution in [3.05, 3.63) is 23.8 Å². The van der Waals surface area contributed by atoms with E-state index in [1.807, 2.05) is 12.1 Å². The molecule has 2 fully saturated rings. The number of amides is 1. The highest BCUT2D eigenvalue weighted by molar-refractivity contribution is 5.87. The molecule has 25 heavy (non-hydrogen) atoms. The SMILES string of the molecule is COc1ccc(CN2C(=O)C(C3(C)OCCO3)C2CC#N)c(OC)c1. The summed E-state index contributed by atoms with van der Waals surface area (Å²) in [6.45, 7) is 3.07. The molecule has 0 spiro atoms. The van der Waals surface area contributed by atoms with Crippen LogP contribution in [0, 0.1) is 17.2 Å². The van der Waals surface area contributed by atoms with Crippen LogP contribution >= 0.6 is 0 Å². The largest absolute Gasteiger partial charge is 0.497 e. The summed E-state index contributed by atoms with van der Waals surface area (Å²) in [5.41, 5.74) is 0.858. The van der Waals surface area contributed by atoms with Crippen molar-refractivity contribution in [2.75, 3.05) is 27.4 Å². The van der Waals surface area contributed by atoms with Gasteiger partial charge >= 0.3 is 0 Å². The molecular weight excluding hydrogens is 324 g/mol. The molecule has 1 aromatic rings. The van der Waals surface area contributed by atoms with Gasteiger partial charge in [0.1, 0.15) is 17.4 Å². The van der Waals surface area contributed by atoms with Crippen molar-refractivity contribution in [2.45, 2.75) is 31.7 Å². The second kappa shape index (κ2) is 6.90. The topological polar surface area (TPSA) is 81.0 Å². The van der Waals surface area contributed by atoms with Gasteiger partial charge in [0, 0.05) is 18.2 Å². The molecule has 0 N–H and O–H groups in total. The number of nitriles is 1. The van der Waals surface area contributed by atoms with E-state index >= 15 is 0 Å². The number of benzene rings is 1. The van der Waals surface area contributed by atoms with Crippen LogP contribution < -0.4 is 9.47 Å². The van der Waals surface area contributed by atoms with Crippen molar-refractivity contribution in [1.29, 1.82) is 5.26 Å². The van der Waals surface area contributed by atoms with E-state index in [0.717, 1.165) is 5.56 Å². The zero-order chi connectivity index (χ0) is 18.0. The Labute approximate surface area is 147 Å². The zero-order valence-corrected chi connectivity index (χ0v) is 14.7. The van der Waals surface area contributed by atoms with Crippen molar-refractivity contribution in [3.8, 4) is 17.6 Å². The Kier molecular flexibility index (Phi) is 4.84. The maximum atomic E-state index is 12.8. The summed E-state index contributed by atoms with van der Waals surface area (Å²) in [5, 5.41) is 9.17. The number of β-lactam (4-membered cyclic amide) rings is 1. The minimum absolute atomic E-state index is 0.0671. The molecule has 0 radical (unpaired) electrons. The van der Waals surface area contributed by atoms with Crippen LogP contribution in [0.25, 0.3) is 0 Å². The van der Waals surface area contributed by atoms with Crippen molar-refractivity contribution in [2.24, 2.45) is 5.92 Å². The molecule has 0 aromatic heterocycles. The fraction of sp³-hybridized carbons (Fsp3) is 0.556. The van der Waals surface area contributed by atoms with Gasteiger partial charge in [-0.3, -0.25) is 4.79 Å². The molecule has 0 aliphatic carbocycles. The first kappa shape index (κ1) is 17.5. The Morgan fingerprint density at radius 2 is 2.04 bits per heavy atom. The minimum atomic E-state index is -0.945. The summed E-state index contributed by atoms with van der Waals surface area (Å²) in [5.74, 6) is -0.145. The maximum absolute atomic E-state index is 12.8. The van der Waals surface area contributed by atoms with Crippen LogP contribution in [-0.4, -0.2) is 50.1 Å². The summed E-state index contributed by atoms with van der Waals surface area (Å²) in [4.78, 5) is 14.4. The smallest absolute Gasteiger partial charge is 0.233 e. The summed E-state index contributed by atoms with van der Waals surface area (Å²) < 4.78 is 21.9. The molecule has 134 valence electrons. The molecule has 0 bridgehead atoms. The van der Waals surface area contributed by atoms with Crippen molar-refractivity contribution < 1.29 is 23.7 Å². The predicted molar refractivity (Wildman–Crippen MR) is 87.9 cm³/mol. The van der Waals surface area contributed by atoms with Gasteiger partial charge in [0.25, 0.3) is 0 Å². The van der Waals surface area contributed by atoms with Crippen LogP contribution in [-0.2, 0) is 20.8 Å². The van der Waals surface area contributed by atoms with Gasteiger partial charge in [0.15, 0.2) is 5.79 Å². The normalized spacial score (nSPS) is 24.6. The summed E-state index contributed by atoms with van der Waals surface area (Å²) in [7, 11) is 3.16. The average Bonchev–Trinajstić information content (AvgIpc) is 3.06. The standard InChI is InChI=1S/C18H22N2O5/c1-18(24-8-9-25-18)16-14(6-7-19)20(17(16)21)11-12-4-5-13(22-2)10-15(12)23-3/h4-5,10,14,16H,6,8-9,11H2,1-3H3. The summed E-state index contributed by atoms with van der Waals surface area (Å²) in [6, 6.07) is 7.39. The second-order valence-corrected chi connectivity index (χ2v) is 6.26. The predicted octanol–water partition coefficient (Wildman–Crippen LogP) is 1.71. The lowest BCUT2D eigenvalue weighted by atomic mass is 9.79. The molecule has 0 saturated carbocycles. The molecule has 7 heteroatoms. The van der Waals surface area contributed by atoms with Gasteiger partial charge in [0.05, 0.1) is 46.0 Å². The molecule has 2 atom stereocenters. The number of hydrogen-bond donors (Lipinski definition) is 0. The van der Waals surface area contributed by atoms with Gasteiger partial charge in [-0.15, -0.1) is 0 Å². The number of ether oxygens (including phenoxy) is 4. The van der Waals surface area contributed by atoms with Crippen LogP contribution in [0.2, 0.25) is 0 Å². The van der Waals surface area contributed by atoms with E-state index in [9.17, 15) is 10.1 Å². The van der Waals surface area contributed by atoms with Gasteiger partial charge in [-0.1, -0.05) is 0 Å². The Morgan fingerprint density at radius 1 is 1.32 bits per heavy atom. The molecule has 1 amide bonds. The van der Waals surface area contributed by atoms with E-state index < -0.39 is 11.7 Å². The monoisotopic (exact) mass is 346 g/mol. The number of carbonyl (C=O) groups excluding carboxylic acids is 1.